The lowest BCUT2D eigenvalue weighted by Gasteiger charge is -2.17. The number of fused-ring (bicyclic) bond motifs is 1. The van der Waals surface area contributed by atoms with Crippen molar-refractivity contribution < 1.29 is 9.84 Å². The van der Waals surface area contributed by atoms with Gasteiger partial charge in [-0.1, -0.05) is 20.8 Å². The number of methoxy groups -OCH3 is 1. The van der Waals surface area contributed by atoms with E-state index in [1.807, 2.05) is 19.1 Å². The molecule has 1 N–H and O–H groups in total. The molecular weight excluding hydrogens is 352 g/mol. The largest absolute Gasteiger partial charge is 0.480 e. The summed E-state index contributed by atoms with van der Waals surface area (Å²) in [6.45, 7) is 10.5. The molecule has 3 heterocycles. The van der Waals surface area contributed by atoms with Gasteiger partial charge in [0, 0.05) is 24.5 Å². The number of aliphatic hydroxyl groups excluding tert-OH is 1. The highest BCUT2D eigenvalue weighted by Gasteiger charge is 2.20. The number of hydrogen-bond donors (Lipinski definition) is 1. The molecule has 0 aliphatic heterocycles. The van der Waals surface area contributed by atoms with Crippen molar-refractivity contribution in [3.8, 4) is 17.1 Å². The van der Waals surface area contributed by atoms with Gasteiger partial charge in [-0.2, -0.15) is 0 Å². The summed E-state index contributed by atoms with van der Waals surface area (Å²) in [4.78, 5) is 14.5. The van der Waals surface area contributed by atoms with E-state index < -0.39 is 0 Å². The van der Waals surface area contributed by atoms with Gasteiger partial charge in [-0.15, -0.1) is 0 Å². The highest BCUT2D eigenvalue weighted by Crippen LogP contribution is 2.33. The number of rotatable bonds is 7. The van der Waals surface area contributed by atoms with E-state index in [-0.39, 0.29) is 12.6 Å². The van der Waals surface area contributed by atoms with Crippen molar-refractivity contribution in [3.05, 3.63) is 35.3 Å². The van der Waals surface area contributed by atoms with Crippen LogP contribution in [-0.4, -0.2) is 38.3 Å². The molecule has 6 heteroatoms. The fourth-order valence-electron chi connectivity index (χ4n) is 3.62. The summed E-state index contributed by atoms with van der Waals surface area (Å²) in [7, 11) is 1.64. The summed E-state index contributed by atoms with van der Waals surface area (Å²) in [5.74, 6) is 0.901. The number of nitrogens with zero attached hydrogens (tertiary/aromatic N) is 4. The van der Waals surface area contributed by atoms with E-state index >= 15 is 0 Å². The quantitative estimate of drug-likeness (QED) is 0.648. The van der Waals surface area contributed by atoms with E-state index in [0.29, 0.717) is 18.2 Å². The van der Waals surface area contributed by atoms with Crippen LogP contribution < -0.4 is 4.74 Å². The first kappa shape index (κ1) is 20.3. The van der Waals surface area contributed by atoms with E-state index in [2.05, 4.69) is 43.4 Å². The van der Waals surface area contributed by atoms with Crippen molar-refractivity contribution in [2.45, 2.75) is 59.4 Å². The highest BCUT2D eigenvalue weighted by molar-refractivity contribution is 5.80. The van der Waals surface area contributed by atoms with Gasteiger partial charge in [-0.3, -0.25) is 0 Å². The molecule has 0 saturated carbocycles. The van der Waals surface area contributed by atoms with Crippen molar-refractivity contribution in [1.29, 1.82) is 0 Å². The smallest absolute Gasteiger partial charge is 0.222 e. The lowest BCUT2D eigenvalue weighted by atomic mass is 10.1. The Morgan fingerprint density at radius 1 is 1.14 bits per heavy atom. The van der Waals surface area contributed by atoms with Crippen LogP contribution in [0.2, 0.25) is 0 Å². The Labute approximate surface area is 166 Å². The second-order valence-corrected chi connectivity index (χ2v) is 7.57. The van der Waals surface area contributed by atoms with Gasteiger partial charge < -0.3 is 14.4 Å². The molecule has 0 amide bonds. The molecule has 0 radical (unpaired) electrons. The third-order valence-electron chi connectivity index (χ3n) is 5.25. The molecule has 0 fully saturated rings. The molecular formula is C22H30N4O2. The van der Waals surface area contributed by atoms with Crippen molar-refractivity contribution in [1.82, 2.24) is 19.5 Å². The monoisotopic (exact) mass is 382 g/mol. The normalized spacial score (nSPS) is 12.7. The predicted octanol–water partition coefficient (Wildman–Crippen LogP) is 4.58. The average Bonchev–Trinajstić information content (AvgIpc) is 3.00. The van der Waals surface area contributed by atoms with Crippen molar-refractivity contribution in [2.24, 2.45) is 0 Å². The Kier molecular flexibility index (Phi) is 5.98. The first-order valence-electron chi connectivity index (χ1n) is 9.93. The molecule has 3 rings (SSSR count). The Bertz CT molecular complexity index is 978. The fourth-order valence-corrected chi connectivity index (χ4v) is 3.62. The molecule has 3 aromatic rings. The average molecular weight is 383 g/mol. The Morgan fingerprint density at radius 3 is 2.50 bits per heavy atom. The van der Waals surface area contributed by atoms with Gasteiger partial charge in [-0.25, -0.2) is 15.0 Å². The number of hydrogen-bond acceptors (Lipinski definition) is 5. The van der Waals surface area contributed by atoms with Gasteiger partial charge in [-0.05, 0) is 50.3 Å². The molecule has 3 aromatic heterocycles. The second-order valence-electron chi connectivity index (χ2n) is 7.57. The van der Waals surface area contributed by atoms with E-state index in [0.717, 1.165) is 45.8 Å². The molecule has 1 atom stereocenters. The molecule has 0 spiro atoms. The van der Waals surface area contributed by atoms with Gasteiger partial charge in [0.25, 0.3) is 0 Å². The molecule has 0 saturated heterocycles. The molecule has 150 valence electrons. The zero-order valence-electron chi connectivity index (χ0n) is 17.7. The van der Waals surface area contributed by atoms with E-state index in [4.69, 9.17) is 14.7 Å². The van der Waals surface area contributed by atoms with Crippen LogP contribution in [0.5, 0.6) is 5.88 Å². The predicted molar refractivity (Wildman–Crippen MR) is 112 cm³/mol. The van der Waals surface area contributed by atoms with Crippen LogP contribution in [0.4, 0.5) is 0 Å². The first-order valence-corrected chi connectivity index (χ1v) is 9.93. The minimum atomic E-state index is 0.160. The Balaban J connectivity index is 2.17. The Hall–Kier alpha value is -2.47. The molecule has 0 bridgehead atoms. The minimum absolute atomic E-state index is 0.160. The lowest BCUT2D eigenvalue weighted by Crippen LogP contribution is -2.10. The van der Waals surface area contributed by atoms with Crippen LogP contribution in [-0.2, 0) is 0 Å². The molecule has 1 unspecified atom stereocenters. The van der Waals surface area contributed by atoms with Gasteiger partial charge in [0.2, 0.25) is 5.88 Å². The second kappa shape index (κ2) is 8.27. The zero-order chi connectivity index (χ0) is 20.4. The molecule has 6 nitrogen and oxygen atoms in total. The highest BCUT2D eigenvalue weighted by atomic mass is 16.5. The zero-order valence-corrected chi connectivity index (χ0v) is 17.7. The van der Waals surface area contributed by atoms with Gasteiger partial charge >= 0.3 is 0 Å². The van der Waals surface area contributed by atoms with Crippen molar-refractivity contribution in [3.63, 3.8) is 0 Å². The number of aryl methyl sites for hydroxylation is 2. The molecule has 0 aliphatic rings. The lowest BCUT2D eigenvalue weighted by molar-refractivity contribution is 0.256. The number of ether oxygens (including phenoxy) is 1. The standard InChI is InChI=1S/C22H30N4O2/c1-7-16(10-11-27)26-12-14(4)19-21(26)23-15(5)20(25-19)17-8-9-18(13(2)3)24-22(17)28-6/h8-9,12-13,16,27H,7,10-11H2,1-6H3. The summed E-state index contributed by atoms with van der Waals surface area (Å²) in [5.41, 5.74) is 6.30. The summed E-state index contributed by atoms with van der Waals surface area (Å²) >= 11 is 0. The third-order valence-corrected chi connectivity index (χ3v) is 5.25. The van der Waals surface area contributed by atoms with Crippen LogP contribution in [0.3, 0.4) is 0 Å². The summed E-state index contributed by atoms with van der Waals surface area (Å²) in [6.07, 6.45) is 3.73. The van der Waals surface area contributed by atoms with Crippen molar-refractivity contribution >= 4 is 11.2 Å². The van der Waals surface area contributed by atoms with Crippen LogP contribution in [0.25, 0.3) is 22.4 Å². The van der Waals surface area contributed by atoms with Gasteiger partial charge in [0.15, 0.2) is 5.65 Å². The van der Waals surface area contributed by atoms with Gasteiger partial charge in [0.05, 0.1) is 24.1 Å². The number of aliphatic hydroxyl groups is 1. The van der Waals surface area contributed by atoms with Gasteiger partial charge in [0.1, 0.15) is 5.52 Å². The topological polar surface area (TPSA) is 73.1 Å². The summed E-state index contributed by atoms with van der Waals surface area (Å²) < 4.78 is 7.72. The number of aromatic nitrogens is 4. The maximum atomic E-state index is 9.40. The van der Waals surface area contributed by atoms with E-state index in [1.54, 1.807) is 7.11 Å². The number of pyridine rings is 1. The van der Waals surface area contributed by atoms with Crippen LogP contribution in [0, 0.1) is 13.8 Å². The maximum Gasteiger partial charge on any atom is 0.222 e. The maximum absolute atomic E-state index is 9.40. The third kappa shape index (κ3) is 3.61. The molecule has 0 aromatic carbocycles. The van der Waals surface area contributed by atoms with Crippen LogP contribution in [0.1, 0.15) is 62.5 Å². The van der Waals surface area contributed by atoms with Crippen LogP contribution in [0.15, 0.2) is 18.3 Å². The first-order chi connectivity index (χ1) is 13.4. The fraction of sp³-hybridized carbons (Fsp3) is 0.500. The molecule has 0 aliphatic carbocycles. The van der Waals surface area contributed by atoms with Crippen LogP contribution >= 0.6 is 0 Å². The molecule has 28 heavy (non-hydrogen) atoms. The summed E-state index contributed by atoms with van der Waals surface area (Å²) in [6, 6.07) is 4.26. The van der Waals surface area contributed by atoms with Crippen molar-refractivity contribution in [2.75, 3.05) is 13.7 Å². The Morgan fingerprint density at radius 2 is 1.89 bits per heavy atom. The SMILES string of the molecule is CCC(CCO)n1cc(C)c2nc(-c3ccc(C(C)C)nc3OC)c(C)nc21. The van der Waals surface area contributed by atoms with E-state index in [9.17, 15) is 5.11 Å². The summed E-state index contributed by atoms with van der Waals surface area (Å²) in [5, 5.41) is 9.40. The minimum Gasteiger partial charge on any atom is -0.480 e. The van der Waals surface area contributed by atoms with E-state index in [1.165, 1.54) is 0 Å².